The number of hydrogen-bond donors (Lipinski definition) is 0. The third kappa shape index (κ3) is 2.05. The van der Waals surface area contributed by atoms with Crippen molar-refractivity contribution in [1.29, 1.82) is 0 Å². The summed E-state index contributed by atoms with van der Waals surface area (Å²) in [6.07, 6.45) is 1.35. The molecule has 13 heavy (non-hydrogen) atoms. The summed E-state index contributed by atoms with van der Waals surface area (Å²) in [7, 11) is 0. The number of nitro benzene ring substituents is 1. The molecule has 0 amide bonds. The highest BCUT2D eigenvalue weighted by atomic mass is 16.6. The molecule has 0 unspecified atom stereocenters. The van der Waals surface area contributed by atoms with Crippen molar-refractivity contribution in [3.05, 3.63) is 46.4 Å². The average molecular weight is 178 g/mol. The summed E-state index contributed by atoms with van der Waals surface area (Å²) in [5.74, 6) is 0. The van der Waals surface area contributed by atoms with Crippen LogP contribution in [0.25, 0.3) is 0 Å². The SMILES string of the molecule is [CH2]CCc1cccc(C)c1[N+](=O)[O-]. The van der Waals surface area contributed by atoms with Crippen molar-refractivity contribution in [2.45, 2.75) is 19.8 Å². The van der Waals surface area contributed by atoms with Crippen LogP contribution in [0.4, 0.5) is 5.69 Å². The Labute approximate surface area is 77.5 Å². The van der Waals surface area contributed by atoms with Crippen LogP contribution in [-0.4, -0.2) is 4.92 Å². The lowest BCUT2D eigenvalue weighted by molar-refractivity contribution is -0.386. The zero-order valence-electron chi connectivity index (χ0n) is 7.62. The van der Waals surface area contributed by atoms with E-state index in [0.717, 1.165) is 11.1 Å². The van der Waals surface area contributed by atoms with Gasteiger partial charge < -0.3 is 0 Å². The Morgan fingerprint density at radius 3 is 2.77 bits per heavy atom. The van der Waals surface area contributed by atoms with Gasteiger partial charge in [-0.3, -0.25) is 10.1 Å². The van der Waals surface area contributed by atoms with Crippen molar-refractivity contribution < 1.29 is 4.92 Å². The van der Waals surface area contributed by atoms with E-state index in [1.807, 2.05) is 6.07 Å². The van der Waals surface area contributed by atoms with Crippen molar-refractivity contribution in [2.75, 3.05) is 0 Å². The Balaban J connectivity index is 3.17. The lowest BCUT2D eigenvalue weighted by atomic mass is 10.0. The van der Waals surface area contributed by atoms with Gasteiger partial charge in [0.2, 0.25) is 0 Å². The minimum absolute atomic E-state index is 0.242. The first-order valence-electron chi connectivity index (χ1n) is 4.19. The number of benzene rings is 1. The molecule has 0 aliphatic carbocycles. The first-order valence-corrected chi connectivity index (χ1v) is 4.19. The Morgan fingerprint density at radius 2 is 2.23 bits per heavy atom. The van der Waals surface area contributed by atoms with E-state index in [-0.39, 0.29) is 10.6 Å². The third-order valence-electron chi connectivity index (χ3n) is 1.95. The lowest BCUT2D eigenvalue weighted by Gasteiger charge is -2.02. The fourth-order valence-corrected chi connectivity index (χ4v) is 1.37. The van der Waals surface area contributed by atoms with E-state index in [1.54, 1.807) is 19.1 Å². The van der Waals surface area contributed by atoms with Gasteiger partial charge in [-0.25, -0.2) is 0 Å². The highest BCUT2D eigenvalue weighted by Crippen LogP contribution is 2.23. The van der Waals surface area contributed by atoms with Gasteiger partial charge in [0.15, 0.2) is 0 Å². The van der Waals surface area contributed by atoms with Gasteiger partial charge in [-0.15, -0.1) is 0 Å². The summed E-state index contributed by atoms with van der Waals surface area (Å²) >= 11 is 0. The van der Waals surface area contributed by atoms with Gasteiger partial charge in [0.25, 0.3) is 5.69 Å². The molecule has 0 saturated heterocycles. The lowest BCUT2D eigenvalue weighted by Crippen LogP contribution is -1.97. The largest absolute Gasteiger partial charge is 0.275 e. The van der Waals surface area contributed by atoms with Crippen LogP contribution in [-0.2, 0) is 6.42 Å². The molecule has 1 rings (SSSR count). The van der Waals surface area contributed by atoms with Crippen LogP contribution in [0.2, 0.25) is 0 Å². The van der Waals surface area contributed by atoms with Crippen LogP contribution < -0.4 is 0 Å². The average Bonchev–Trinajstić information content (AvgIpc) is 2.04. The van der Waals surface area contributed by atoms with Crippen molar-refractivity contribution in [1.82, 2.24) is 0 Å². The Hall–Kier alpha value is -1.38. The number of aryl methyl sites for hydroxylation is 2. The molecular weight excluding hydrogens is 166 g/mol. The summed E-state index contributed by atoms with van der Waals surface area (Å²) < 4.78 is 0. The molecule has 1 aromatic rings. The van der Waals surface area contributed by atoms with Gasteiger partial charge in [0, 0.05) is 11.1 Å². The quantitative estimate of drug-likeness (QED) is 0.527. The fourth-order valence-electron chi connectivity index (χ4n) is 1.37. The van der Waals surface area contributed by atoms with Gasteiger partial charge in [-0.2, -0.15) is 0 Å². The molecule has 0 aliphatic heterocycles. The molecule has 0 fully saturated rings. The summed E-state index contributed by atoms with van der Waals surface area (Å²) in [6.45, 7) is 5.44. The first kappa shape index (κ1) is 9.71. The molecule has 3 nitrogen and oxygen atoms in total. The molecule has 1 aromatic carbocycles. The van der Waals surface area contributed by atoms with E-state index < -0.39 is 0 Å². The molecule has 0 aromatic heterocycles. The highest BCUT2D eigenvalue weighted by Gasteiger charge is 2.14. The summed E-state index contributed by atoms with van der Waals surface area (Å²) in [6, 6.07) is 5.38. The number of para-hydroxylation sites is 1. The van der Waals surface area contributed by atoms with Crippen molar-refractivity contribution >= 4 is 5.69 Å². The van der Waals surface area contributed by atoms with Crippen molar-refractivity contribution in [2.24, 2.45) is 0 Å². The van der Waals surface area contributed by atoms with Gasteiger partial charge in [0.1, 0.15) is 0 Å². The molecule has 0 atom stereocenters. The predicted octanol–water partition coefficient (Wildman–Crippen LogP) is 2.67. The zero-order chi connectivity index (χ0) is 9.84. The molecule has 0 saturated carbocycles. The maximum atomic E-state index is 10.7. The Kier molecular flexibility index (Phi) is 3.01. The van der Waals surface area contributed by atoms with Crippen molar-refractivity contribution in [3.63, 3.8) is 0 Å². The van der Waals surface area contributed by atoms with Crippen LogP contribution >= 0.6 is 0 Å². The zero-order valence-corrected chi connectivity index (χ0v) is 7.62. The van der Waals surface area contributed by atoms with Crippen LogP contribution in [0.3, 0.4) is 0 Å². The molecule has 0 bridgehead atoms. The second kappa shape index (κ2) is 4.03. The number of nitro groups is 1. The van der Waals surface area contributed by atoms with Gasteiger partial charge in [-0.1, -0.05) is 25.1 Å². The summed E-state index contributed by atoms with van der Waals surface area (Å²) in [5.41, 5.74) is 1.74. The minimum Gasteiger partial charge on any atom is -0.258 e. The topological polar surface area (TPSA) is 43.1 Å². The molecule has 3 heteroatoms. The van der Waals surface area contributed by atoms with Gasteiger partial charge in [-0.05, 0) is 19.8 Å². The van der Waals surface area contributed by atoms with Crippen LogP contribution in [0.15, 0.2) is 18.2 Å². The standard InChI is InChI=1S/C10H12NO2/c1-3-5-9-7-4-6-8(2)10(9)11(12)13/h4,6-7H,1,3,5H2,2H3. The maximum Gasteiger partial charge on any atom is 0.275 e. The van der Waals surface area contributed by atoms with Crippen LogP contribution in [0.1, 0.15) is 17.5 Å². The van der Waals surface area contributed by atoms with E-state index in [4.69, 9.17) is 0 Å². The maximum absolute atomic E-state index is 10.7. The van der Waals surface area contributed by atoms with E-state index >= 15 is 0 Å². The summed E-state index contributed by atoms with van der Waals surface area (Å²) in [5, 5.41) is 10.7. The molecule has 0 heterocycles. The number of nitrogens with zero attached hydrogens (tertiary/aromatic N) is 1. The van der Waals surface area contributed by atoms with E-state index in [9.17, 15) is 10.1 Å². The fraction of sp³-hybridized carbons (Fsp3) is 0.300. The molecule has 0 spiro atoms. The van der Waals surface area contributed by atoms with E-state index in [0.29, 0.717) is 12.8 Å². The van der Waals surface area contributed by atoms with Crippen LogP contribution in [0, 0.1) is 24.0 Å². The van der Waals surface area contributed by atoms with Gasteiger partial charge >= 0.3 is 0 Å². The van der Waals surface area contributed by atoms with Crippen molar-refractivity contribution in [3.8, 4) is 0 Å². The normalized spacial score (nSPS) is 10.0. The second-order valence-electron chi connectivity index (χ2n) is 2.94. The number of hydrogen-bond acceptors (Lipinski definition) is 2. The van der Waals surface area contributed by atoms with E-state index in [1.165, 1.54) is 0 Å². The molecular formula is C10H12NO2. The molecule has 0 aliphatic rings. The number of rotatable bonds is 3. The predicted molar refractivity (Wildman–Crippen MR) is 51.5 cm³/mol. The molecule has 1 radical (unpaired) electrons. The van der Waals surface area contributed by atoms with E-state index in [2.05, 4.69) is 6.92 Å². The monoisotopic (exact) mass is 178 g/mol. The highest BCUT2D eigenvalue weighted by molar-refractivity contribution is 5.47. The van der Waals surface area contributed by atoms with Gasteiger partial charge in [0.05, 0.1) is 4.92 Å². The first-order chi connectivity index (χ1) is 6.16. The molecule has 0 N–H and O–H groups in total. The second-order valence-corrected chi connectivity index (χ2v) is 2.94. The summed E-state index contributed by atoms with van der Waals surface area (Å²) in [4.78, 5) is 10.4. The third-order valence-corrected chi connectivity index (χ3v) is 1.95. The minimum atomic E-state index is -0.319. The smallest absolute Gasteiger partial charge is 0.258 e. The Bertz CT molecular complexity index is 321. The Morgan fingerprint density at radius 1 is 1.54 bits per heavy atom. The van der Waals surface area contributed by atoms with Crippen LogP contribution in [0.5, 0.6) is 0 Å². The molecule has 69 valence electrons.